The van der Waals surface area contributed by atoms with Gasteiger partial charge in [-0.1, -0.05) is 30.3 Å². The van der Waals surface area contributed by atoms with Crippen LogP contribution >= 0.6 is 0 Å². The summed E-state index contributed by atoms with van der Waals surface area (Å²) in [6, 6.07) is 12.3. The molecule has 0 aliphatic carbocycles. The molecule has 10 nitrogen and oxygen atoms in total. The summed E-state index contributed by atoms with van der Waals surface area (Å²) in [6.45, 7) is 2.92. The van der Waals surface area contributed by atoms with E-state index in [0.717, 1.165) is 5.56 Å². The maximum Gasteiger partial charge on any atom is 0.411 e. The number of nitro benzene ring substituents is 1. The van der Waals surface area contributed by atoms with Gasteiger partial charge >= 0.3 is 6.09 Å². The summed E-state index contributed by atoms with van der Waals surface area (Å²) in [5.74, 6) is 0.312. The summed E-state index contributed by atoms with van der Waals surface area (Å²) in [5.41, 5.74) is 1.01. The summed E-state index contributed by atoms with van der Waals surface area (Å²) in [7, 11) is 2.83. The summed E-state index contributed by atoms with van der Waals surface area (Å²) in [6.07, 6.45) is 3.33. The standard InChI is InChI=1S/C26H29N3O7/c1-17-25(18-7-5-4-6-8-18)36-26(31)28(17)20-11-13-27(14-12-20)24(30)10-9-19-15-22(34-2)23(35-3)16-21(19)29(32)33/h4-10,15-17,20,25H,11-14H2,1-3H3/b10-9+/t17-,25-/m0/s1. The molecule has 2 amide bonds. The zero-order valence-corrected chi connectivity index (χ0v) is 20.5. The normalized spacial score (nSPS) is 20.5. The van der Waals surface area contributed by atoms with Crippen LogP contribution in [0.4, 0.5) is 10.5 Å². The smallest absolute Gasteiger partial charge is 0.411 e. The fourth-order valence-electron chi connectivity index (χ4n) is 4.86. The van der Waals surface area contributed by atoms with Crippen molar-refractivity contribution in [1.29, 1.82) is 0 Å². The van der Waals surface area contributed by atoms with E-state index in [-0.39, 0.29) is 47.2 Å². The number of benzene rings is 2. The lowest BCUT2D eigenvalue weighted by Gasteiger charge is -2.37. The summed E-state index contributed by atoms with van der Waals surface area (Å²) >= 11 is 0. The van der Waals surface area contributed by atoms with Crippen LogP contribution in [0, 0.1) is 10.1 Å². The molecule has 2 aromatic carbocycles. The van der Waals surface area contributed by atoms with Crippen LogP contribution in [0.25, 0.3) is 6.08 Å². The number of hydrogen-bond acceptors (Lipinski definition) is 7. The Balaban J connectivity index is 1.40. The van der Waals surface area contributed by atoms with E-state index in [4.69, 9.17) is 14.2 Å². The first-order chi connectivity index (χ1) is 17.3. The molecule has 0 bridgehead atoms. The molecule has 10 heteroatoms. The van der Waals surface area contributed by atoms with Crippen molar-refractivity contribution in [2.24, 2.45) is 0 Å². The molecule has 2 saturated heterocycles. The fourth-order valence-corrected chi connectivity index (χ4v) is 4.86. The van der Waals surface area contributed by atoms with Gasteiger partial charge in [-0.05, 0) is 37.5 Å². The van der Waals surface area contributed by atoms with Crippen molar-refractivity contribution < 1.29 is 28.7 Å². The molecule has 2 aliphatic rings. The number of methoxy groups -OCH3 is 2. The number of piperidine rings is 1. The number of amides is 2. The van der Waals surface area contributed by atoms with Gasteiger partial charge in [-0.3, -0.25) is 19.8 Å². The van der Waals surface area contributed by atoms with Crippen LogP contribution in [0.15, 0.2) is 48.5 Å². The van der Waals surface area contributed by atoms with Crippen molar-refractivity contribution in [3.8, 4) is 11.5 Å². The molecule has 36 heavy (non-hydrogen) atoms. The third-order valence-corrected chi connectivity index (χ3v) is 6.75. The van der Waals surface area contributed by atoms with E-state index in [9.17, 15) is 19.7 Å². The van der Waals surface area contributed by atoms with Gasteiger partial charge in [-0.2, -0.15) is 0 Å². The van der Waals surface area contributed by atoms with Crippen LogP contribution < -0.4 is 9.47 Å². The summed E-state index contributed by atoms with van der Waals surface area (Å²) in [5, 5.41) is 11.5. The number of hydrogen-bond donors (Lipinski definition) is 0. The highest BCUT2D eigenvalue weighted by molar-refractivity contribution is 5.92. The van der Waals surface area contributed by atoms with E-state index < -0.39 is 4.92 Å². The lowest BCUT2D eigenvalue weighted by molar-refractivity contribution is -0.385. The van der Waals surface area contributed by atoms with Crippen LogP contribution in [0.2, 0.25) is 0 Å². The van der Waals surface area contributed by atoms with Crippen molar-refractivity contribution in [2.75, 3.05) is 27.3 Å². The topological polar surface area (TPSA) is 111 Å². The van der Waals surface area contributed by atoms with Crippen LogP contribution in [0.1, 0.15) is 37.0 Å². The zero-order chi connectivity index (χ0) is 25.8. The second-order valence-electron chi connectivity index (χ2n) is 8.78. The number of ether oxygens (including phenoxy) is 3. The minimum absolute atomic E-state index is 0.0267. The Morgan fingerprint density at radius 3 is 2.36 bits per heavy atom. The quantitative estimate of drug-likeness (QED) is 0.322. The van der Waals surface area contributed by atoms with E-state index >= 15 is 0 Å². The second-order valence-corrected chi connectivity index (χ2v) is 8.78. The van der Waals surface area contributed by atoms with E-state index in [1.807, 2.05) is 37.3 Å². The van der Waals surface area contributed by atoms with Crippen LogP contribution in [0.5, 0.6) is 11.5 Å². The van der Waals surface area contributed by atoms with Crippen LogP contribution in [-0.4, -0.2) is 66.1 Å². The van der Waals surface area contributed by atoms with Gasteiger partial charge in [0.2, 0.25) is 5.91 Å². The van der Waals surface area contributed by atoms with Crippen LogP contribution in [0.3, 0.4) is 0 Å². The Morgan fingerprint density at radius 2 is 1.75 bits per heavy atom. The predicted molar refractivity (Wildman–Crippen MR) is 132 cm³/mol. The molecule has 2 aromatic rings. The maximum atomic E-state index is 12.8. The molecule has 0 unspecified atom stereocenters. The molecule has 0 aromatic heterocycles. The Bertz CT molecular complexity index is 1160. The highest BCUT2D eigenvalue weighted by Crippen LogP contribution is 2.37. The Labute approximate surface area is 209 Å². The second kappa shape index (κ2) is 10.7. The van der Waals surface area contributed by atoms with Gasteiger partial charge in [0.15, 0.2) is 11.5 Å². The molecule has 0 saturated carbocycles. The molecule has 4 rings (SSSR count). The zero-order valence-electron chi connectivity index (χ0n) is 20.5. The molecular weight excluding hydrogens is 466 g/mol. The highest BCUT2D eigenvalue weighted by Gasteiger charge is 2.44. The van der Waals surface area contributed by atoms with Gasteiger partial charge in [0, 0.05) is 25.2 Å². The maximum absolute atomic E-state index is 12.8. The first kappa shape index (κ1) is 25.0. The lowest BCUT2D eigenvalue weighted by atomic mass is 9.98. The third kappa shape index (κ3) is 4.98. The van der Waals surface area contributed by atoms with Gasteiger partial charge in [0.05, 0.1) is 36.8 Å². The minimum atomic E-state index is -0.531. The Kier molecular flexibility index (Phi) is 7.42. The van der Waals surface area contributed by atoms with Gasteiger partial charge < -0.3 is 19.1 Å². The average Bonchev–Trinajstić information content (AvgIpc) is 3.20. The van der Waals surface area contributed by atoms with Gasteiger partial charge in [0.25, 0.3) is 5.69 Å². The number of carbonyl (C=O) groups is 2. The average molecular weight is 496 g/mol. The van der Waals surface area contributed by atoms with E-state index in [1.54, 1.807) is 9.80 Å². The van der Waals surface area contributed by atoms with E-state index in [1.165, 1.54) is 38.5 Å². The summed E-state index contributed by atoms with van der Waals surface area (Å²) in [4.78, 5) is 39.9. The monoisotopic (exact) mass is 495 g/mol. The van der Waals surface area contributed by atoms with Crippen molar-refractivity contribution in [3.05, 3.63) is 69.8 Å². The number of cyclic esters (lactones) is 1. The molecule has 190 valence electrons. The first-order valence-electron chi connectivity index (χ1n) is 11.7. The minimum Gasteiger partial charge on any atom is -0.493 e. The fraction of sp³-hybridized carbons (Fsp3) is 0.385. The first-order valence-corrected chi connectivity index (χ1v) is 11.7. The van der Waals surface area contributed by atoms with Crippen molar-refractivity contribution in [1.82, 2.24) is 9.80 Å². The van der Waals surface area contributed by atoms with Crippen molar-refractivity contribution in [3.63, 3.8) is 0 Å². The Hall–Kier alpha value is -4.08. The van der Waals surface area contributed by atoms with E-state index in [2.05, 4.69) is 0 Å². The molecule has 2 aliphatic heterocycles. The Morgan fingerprint density at radius 1 is 1.11 bits per heavy atom. The SMILES string of the molecule is COc1cc(/C=C/C(=O)N2CCC(N3C(=O)O[C@H](c4ccccc4)[C@@H]3C)CC2)c([N+](=O)[O-])cc1OC. The molecule has 0 N–H and O–H groups in total. The van der Waals surface area contributed by atoms with Crippen LogP contribution in [-0.2, 0) is 9.53 Å². The van der Waals surface area contributed by atoms with Crippen molar-refractivity contribution >= 4 is 23.8 Å². The molecular formula is C26H29N3O7. The predicted octanol–water partition coefficient (Wildman–Crippen LogP) is 4.20. The molecule has 2 heterocycles. The largest absolute Gasteiger partial charge is 0.493 e. The van der Waals surface area contributed by atoms with Gasteiger partial charge in [-0.25, -0.2) is 4.79 Å². The van der Waals surface area contributed by atoms with Crippen molar-refractivity contribution in [2.45, 2.75) is 38.0 Å². The van der Waals surface area contributed by atoms with Gasteiger partial charge in [-0.15, -0.1) is 0 Å². The van der Waals surface area contributed by atoms with Gasteiger partial charge in [0.1, 0.15) is 6.10 Å². The summed E-state index contributed by atoms with van der Waals surface area (Å²) < 4.78 is 16.0. The number of nitro groups is 1. The highest BCUT2D eigenvalue weighted by atomic mass is 16.6. The van der Waals surface area contributed by atoms with E-state index in [0.29, 0.717) is 31.7 Å². The third-order valence-electron chi connectivity index (χ3n) is 6.75. The molecule has 0 radical (unpaired) electrons. The number of likely N-dealkylation sites (tertiary alicyclic amines) is 1. The molecule has 0 spiro atoms. The molecule has 2 atom stereocenters. The lowest BCUT2D eigenvalue weighted by Crippen LogP contribution is -2.49. The number of nitrogens with zero attached hydrogens (tertiary/aromatic N) is 3. The molecule has 2 fully saturated rings. The number of carbonyl (C=O) groups excluding carboxylic acids is 2. The number of rotatable bonds is 7.